The van der Waals surface area contributed by atoms with E-state index in [1.54, 1.807) is 24.3 Å². The number of benzene rings is 1. The van der Waals surface area contributed by atoms with Crippen LogP contribution in [-0.2, 0) is 9.53 Å². The van der Waals surface area contributed by atoms with Crippen LogP contribution in [0.4, 0.5) is 0 Å². The first kappa shape index (κ1) is 14.7. The van der Waals surface area contributed by atoms with Gasteiger partial charge >= 0.3 is 5.97 Å². The van der Waals surface area contributed by atoms with Crippen LogP contribution in [0, 0.1) is 17.2 Å². The van der Waals surface area contributed by atoms with E-state index in [9.17, 15) is 9.59 Å². The summed E-state index contributed by atoms with van der Waals surface area (Å²) in [6.07, 6.45) is 0. The zero-order valence-corrected chi connectivity index (χ0v) is 11.1. The molecule has 1 amide bonds. The molecule has 0 saturated carbocycles. The highest BCUT2D eigenvalue weighted by atomic mass is 16.5. The molecular weight excluding hydrogens is 244 g/mol. The van der Waals surface area contributed by atoms with E-state index in [-0.39, 0.29) is 11.8 Å². The number of ether oxygens (including phenoxy) is 1. The predicted molar refractivity (Wildman–Crippen MR) is 69.3 cm³/mol. The van der Waals surface area contributed by atoms with Gasteiger partial charge in [0.25, 0.3) is 5.91 Å². The van der Waals surface area contributed by atoms with Gasteiger partial charge in [0.1, 0.15) is 6.04 Å². The summed E-state index contributed by atoms with van der Waals surface area (Å²) >= 11 is 0. The lowest BCUT2D eigenvalue weighted by Gasteiger charge is -2.19. The molecule has 1 aromatic carbocycles. The number of nitriles is 1. The summed E-state index contributed by atoms with van der Waals surface area (Å²) in [5.74, 6) is -0.916. The topological polar surface area (TPSA) is 79.2 Å². The highest BCUT2D eigenvalue weighted by Gasteiger charge is 2.25. The van der Waals surface area contributed by atoms with Crippen LogP contribution in [0.3, 0.4) is 0 Å². The average Bonchev–Trinajstić information content (AvgIpc) is 2.43. The SMILES string of the molecule is COC(=O)C(NC(=O)c1ccc(C#N)cc1)C(C)C. The van der Waals surface area contributed by atoms with Crippen LogP contribution < -0.4 is 5.32 Å². The molecule has 1 N–H and O–H groups in total. The molecule has 0 spiro atoms. The number of hydrogen-bond donors (Lipinski definition) is 1. The van der Waals surface area contributed by atoms with Gasteiger partial charge in [0.2, 0.25) is 0 Å². The largest absolute Gasteiger partial charge is 0.467 e. The fraction of sp³-hybridized carbons (Fsp3) is 0.357. The van der Waals surface area contributed by atoms with Crippen molar-refractivity contribution >= 4 is 11.9 Å². The number of nitrogens with zero attached hydrogens (tertiary/aromatic N) is 1. The molecular formula is C14H16N2O3. The highest BCUT2D eigenvalue weighted by Crippen LogP contribution is 2.07. The van der Waals surface area contributed by atoms with Gasteiger partial charge in [0.15, 0.2) is 0 Å². The van der Waals surface area contributed by atoms with E-state index >= 15 is 0 Å². The molecule has 5 heteroatoms. The van der Waals surface area contributed by atoms with Crippen LogP contribution in [0.1, 0.15) is 29.8 Å². The molecule has 0 saturated heterocycles. The Balaban J connectivity index is 2.82. The molecule has 0 aliphatic heterocycles. The molecule has 1 aromatic rings. The normalized spacial score (nSPS) is 11.5. The quantitative estimate of drug-likeness (QED) is 0.832. The Bertz CT molecular complexity index is 500. The third-order valence-corrected chi connectivity index (χ3v) is 2.68. The predicted octanol–water partition coefficient (Wildman–Crippen LogP) is 1.49. The number of carbonyl (C=O) groups is 2. The lowest BCUT2D eigenvalue weighted by molar-refractivity contribution is -0.144. The highest BCUT2D eigenvalue weighted by molar-refractivity contribution is 5.96. The monoisotopic (exact) mass is 260 g/mol. The van der Waals surface area contributed by atoms with Crippen molar-refractivity contribution < 1.29 is 14.3 Å². The number of hydrogen-bond acceptors (Lipinski definition) is 4. The molecule has 19 heavy (non-hydrogen) atoms. The Morgan fingerprint density at radius 2 is 1.84 bits per heavy atom. The van der Waals surface area contributed by atoms with Crippen LogP contribution in [0.5, 0.6) is 0 Å². The van der Waals surface area contributed by atoms with Gasteiger partial charge in [-0.25, -0.2) is 4.79 Å². The van der Waals surface area contributed by atoms with Crippen LogP contribution in [0.15, 0.2) is 24.3 Å². The third-order valence-electron chi connectivity index (χ3n) is 2.68. The fourth-order valence-corrected chi connectivity index (χ4v) is 1.55. The summed E-state index contributed by atoms with van der Waals surface area (Å²) in [6.45, 7) is 3.64. The Morgan fingerprint density at radius 1 is 1.26 bits per heavy atom. The van der Waals surface area contributed by atoms with Gasteiger partial charge in [0, 0.05) is 5.56 Å². The molecule has 5 nitrogen and oxygen atoms in total. The molecule has 0 heterocycles. The van der Waals surface area contributed by atoms with E-state index in [2.05, 4.69) is 10.1 Å². The molecule has 0 aliphatic carbocycles. The zero-order valence-electron chi connectivity index (χ0n) is 11.1. The van der Waals surface area contributed by atoms with Crippen molar-refractivity contribution in [3.8, 4) is 6.07 Å². The number of nitrogens with one attached hydrogen (secondary N) is 1. The first-order valence-electron chi connectivity index (χ1n) is 5.88. The van der Waals surface area contributed by atoms with Gasteiger partial charge in [-0.2, -0.15) is 5.26 Å². The molecule has 1 unspecified atom stereocenters. The molecule has 0 bridgehead atoms. The smallest absolute Gasteiger partial charge is 0.328 e. The van der Waals surface area contributed by atoms with Crippen LogP contribution in [0.2, 0.25) is 0 Å². The summed E-state index contributed by atoms with van der Waals surface area (Å²) < 4.78 is 4.65. The van der Waals surface area contributed by atoms with Gasteiger partial charge in [-0.05, 0) is 30.2 Å². The maximum absolute atomic E-state index is 12.0. The van der Waals surface area contributed by atoms with Crippen molar-refractivity contribution in [2.24, 2.45) is 5.92 Å². The zero-order chi connectivity index (χ0) is 14.4. The van der Waals surface area contributed by atoms with Gasteiger partial charge < -0.3 is 10.1 Å². The first-order valence-corrected chi connectivity index (χ1v) is 5.88. The van der Waals surface area contributed by atoms with Crippen LogP contribution in [0.25, 0.3) is 0 Å². The van der Waals surface area contributed by atoms with Crippen LogP contribution >= 0.6 is 0 Å². The molecule has 100 valence electrons. The summed E-state index contributed by atoms with van der Waals surface area (Å²) in [6, 6.07) is 7.48. The van der Waals surface area contributed by atoms with Gasteiger partial charge in [-0.1, -0.05) is 13.8 Å². The van der Waals surface area contributed by atoms with Gasteiger partial charge in [-0.15, -0.1) is 0 Å². The van der Waals surface area contributed by atoms with E-state index in [1.807, 2.05) is 19.9 Å². The van der Waals surface area contributed by atoms with Crippen molar-refractivity contribution in [2.45, 2.75) is 19.9 Å². The summed E-state index contributed by atoms with van der Waals surface area (Å²) in [5, 5.41) is 11.3. The number of rotatable bonds is 4. The van der Waals surface area contributed by atoms with Crippen molar-refractivity contribution in [2.75, 3.05) is 7.11 Å². The second kappa shape index (κ2) is 6.55. The Morgan fingerprint density at radius 3 is 2.26 bits per heavy atom. The standard InChI is InChI=1S/C14H16N2O3/c1-9(2)12(14(18)19-3)16-13(17)11-6-4-10(8-15)5-7-11/h4-7,9,12H,1-3H3,(H,16,17). The van der Waals surface area contributed by atoms with E-state index in [0.29, 0.717) is 11.1 Å². The van der Waals surface area contributed by atoms with E-state index in [4.69, 9.17) is 5.26 Å². The lowest BCUT2D eigenvalue weighted by atomic mass is 10.0. The first-order chi connectivity index (χ1) is 8.99. The summed E-state index contributed by atoms with van der Waals surface area (Å²) in [7, 11) is 1.28. The van der Waals surface area contributed by atoms with Gasteiger partial charge in [-0.3, -0.25) is 4.79 Å². The molecule has 1 atom stereocenters. The van der Waals surface area contributed by atoms with E-state index in [1.165, 1.54) is 7.11 Å². The summed E-state index contributed by atoms with van der Waals surface area (Å²) in [5.41, 5.74) is 0.874. The van der Waals surface area contributed by atoms with Crippen molar-refractivity contribution in [3.05, 3.63) is 35.4 Å². The number of methoxy groups -OCH3 is 1. The lowest BCUT2D eigenvalue weighted by Crippen LogP contribution is -2.45. The molecule has 0 radical (unpaired) electrons. The minimum Gasteiger partial charge on any atom is -0.467 e. The molecule has 0 fully saturated rings. The maximum Gasteiger partial charge on any atom is 0.328 e. The third kappa shape index (κ3) is 3.81. The Hall–Kier alpha value is -2.35. The molecule has 1 rings (SSSR count). The van der Waals surface area contributed by atoms with Crippen molar-refractivity contribution in [3.63, 3.8) is 0 Å². The number of esters is 1. The van der Waals surface area contributed by atoms with Crippen LogP contribution in [-0.4, -0.2) is 25.0 Å². The van der Waals surface area contributed by atoms with Crippen molar-refractivity contribution in [1.82, 2.24) is 5.32 Å². The Kier molecular flexibility index (Phi) is 5.07. The Labute approximate surface area is 112 Å². The summed E-state index contributed by atoms with van der Waals surface area (Å²) in [4.78, 5) is 23.5. The van der Waals surface area contributed by atoms with Gasteiger partial charge in [0.05, 0.1) is 18.7 Å². The van der Waals surface area contributed by atoms with E-state index < -0.39 is 12.0 Å². The van der Waals surface area contributed by atoms with Crippen molar-refractivity contribution in [1.29, 1.82) is 5.26 Å². The second-order valence-corrected chi connectivity index (χ2v) is 4.41. The molecule has 0 aromatic heterocycles. The second-order valence-electron chi connectivity index (χ2n) is 4.41. The number of amides is 1. The maximum atomic E-state index is 12.0. The van der Waals surface area contributed by atoms with E-state index in [0.717, 1.165) is 0 Å². The molecule has 0 aliphatic rings. The number of carbonyl (C=O) groups excluding carboxylic acids is 2. The minimum atomic E-state index is -0.687. The average molecular weight is 260 g/mol. The fourth-order valence-electron chi connectivity index (χ4n) is 1.55. The minimum absolute atomic E-state index is 0.0743.